The Bertz CT molecular complexity index is 1480. The molecule has 3 atom stereocenters. The molecule has 0 fully saturated rings. The highest BCUT2D eigenvalue weighted by atomic mass is 16.7. The number of carbonyl (C=O) groups excluding carboxylic acids is 3. The lowest BCUT2D eigenvalue weighted by Gasteiger charge is -2.26. The number of hydrogen-bond acceptors (Lipinski definition) is 7. The van der Waals surface area contributed by atoms with Crippen LogP contribution < -0.4 is 35.5 Å². The number of hydrogen-bond donors (Lipinski definition) is 5. The molecule has 0 aliphatic carbocycles. The summed E-state index contributed by atoms with van der Waals surface area (Å²) in [6, 6.07) is 18.4. The second kappa shape index (κ2) is 15.5. The summed E-state index contributed by atoms with van der Waals surface area (Å²) in [5.41, 5.74) is 1.72. The summed E-state index contributed by atoms with van der Waals surface area (Å²) >= 11 is 0. The third-order valence-corrected chi connectivity index (χ3v) is 6.92. The number of para-hydroxylation sites is 1. The van der Waals surface area contributed by atoms with Crippen LogP contribution in [0.5, 0.6) is 17.2 Å². The molecule has 45 heavy (non-hydrogen) atoms. The van der Waals surface area contributed by atoms with Gasteiger partial charge < -0.3 is 40.6 Å². The number of aliphatic carboxylic acids is 1. The molecule has 1 aliphatic heterocycles. The van der Waals surface area contributed by atoms with E-state index in [1.165, 1.54) is 0 Å². The van der Waals surface area contributed by atoms with Crippen molar-refractivity contribution >= 4 is 35.2 Å². The van der Waals surface area contributed by atoms with E-state index in [9.17, 15) is 24.3 Å². The van der Waals surface area contributed by atoms with E-state index in [0.29, 0.717) is 47.0 Å². The van der Waals surface area contributed by atoms with Crippen molar-refractivity contribution in [1.82, 2.24) is 10.6 Å². The Morgan fingerprint density at radius 1 is 0.844 bits per heavy atom. The molecule has 0 aromatic heterocycles. The van der Waals surface area contributed by atoms with Crippen LogP contribution >= 0.6 is 0 Å². The van der Waals surface area contributed by atoms with Gasteiger partial charge in [0.2, 0.25) is 12.7 Å². The summed E-state index contributed by atoms with van der Waals surface area (Å²) < 4.78 is 16.7. The van der Waals surface area contributed by atoms with E-state index < -0.39 is 42.0 Å². The molecule has 4 amide bonds. The molecule has 12 heteroatoms. The average Bonchev–Trinajstić information content (AvgIpc) is 3.48. The minimum absolute atomic E-state index is 0.0460. The van der Waals surface area contributed by atoms with E-state index in [-0.39, 0.29) is 19.1 Å². The number of urea groups is 1. The molecule has 0 radical (unpaired) electrons. The first-order valence-electron chi connectivity index (χ1n) is 14.7. The highest BCUT2D eigenvalue weighted by Gasteiger charge is 2.29. The Morgan fingerprint density at radius 3 is 2.16 bits per heavy atom. The molecule has 0 spiro atoms. The number of fused-ring (bicyclic) bond motifs is 1. The van der Waals surface area contributed by atoms with Crippen LogP contribution in [-0.4, -0.2) is 47.9 Å². The van der Waals surface area contributed by atoms with Crippen LogP contribution in [0.2, 0.25) is 0 Å². The van der Waals surface area contributed by atoms with Gasteiger partial charge in [0.1, 0.15) is 11.8 Å². The Hall–Kier alpha value is -5.26. The molecule has 1 heterocycles. The molecule has 0 saturated carbocycles. The van der Waals surface area contributed by atoms with E-state index in [1.807, 2.05) is 32.0 Å². The van der Waals surface area contributed by atoms with Gasteiger partial charge in [-0.1, -0.05) is 45.0 Å². The van der Waals surface area contributed by atoms with Gasteiger partial charge in [-0.2, -0.15) is 0 Å². The van der Waals surface area contributed by atoms with Crippen molar-refractivity contribution in [3.63, 3.8) is 0 Å². The van der Waals surface area contributed by atoms with Crippen LogP contribution in [0, 0.1) is 5.92 Å². The summed E-state index contributed by atoms with van der Waals surface area (Å²) in [4.78, 5) is 50.7. The summed E-state index contributed by atoms with van der Waals surface area (Å²) in [6.45, 7) is 5.68. The number of amides is 4. The molecule has 0 saturated heterocycles. The molecule has 4 rings (SSSR count). The second-order valence-corrected chi connectivity index (χ2v) is 10.9. The first-order chi connectivity index (χ1) is 21.6. The summed E-state index contributed by atoms with van der Waals surface area (Å²) in [5, 5.41) is 20.6. The van der Waals surface area contributed by atoms with Crippen LogP contribution in [0.15, 0.2) is 72.8 Å². The van der Waals surface area contributed by atoms with Crippen LogP contribution in [0.25, 0.3) is 0 Å². The highest BCUT2D eigenvalue weighted by molar-refractivity contribution is 5.99. The molecule has 0 bridgehead atoms. The van der Waals surface area contributed by atoms with Crippen molar-refractivity contribution in [2.75, 3.05) is 17.4 Å². The van der Waals surface area contributed by atoms with Gasteiger partial charge in [-0.05, 0) is 72.9 Å². The molecule has 5 N–H and O–H groups in total. The van der Waals surface area contributed by atoms with E-state index in [0.717, 1.165) is 0 Å². The Kier molecular flexibility index (Phi) is 11.2. The largest absolute Gasteiger partial charge is 0.481 e. The van der Waals surface area contributed by atoms with Crippen LogP contribution in [0.4, 0.5) is 16.2 Å². The van der Waals surface area contributed by atoms with Gasteiger partial charge in [0.15, 0.2) is 17.6 Å². The minimum Gasteiger partial charge on any atom is -0.481 e. The number of rotatable bonds is 14. The van der Waals surface area contributed by atoms with Gasteiger partial charge in [-0.3, -0.25) is 14.4 Å². The van der Waals surface area contributed by atoms with Crippen LogP contribution in [0.1, 0.15) is 51.6 Å². The zero-order valence-corrected chi connectivity index (χ0v) is 25.4. The molecule has 238 valence electrons. The quantitative estimate of drug-likeness (QED) is 0.167. The van der Waals surface area contributed by atoms with Crippen molar-refractivity contribution in [3.8, 4) is 17.2 Å². The number of nitrogens with one attached hydrogen (secondary N) is 4. The van der Waals surface area contributed by atoms with Gasteiger partial charge in [0.25, 0.3) is 5.91 Å². The lowest BCUT2D eigenvalue weighted by molar-refractivity contribution is -0.138. The maximum Gasteiger partial charge on any atom is 0.323 e. The molecular formula is C33H38N4O8. The molecule has 3 unspecified atom stereocenters. The van der Waals surface area contributed by atoms with E-state index in [4.69, 9.17) is 14.2 Å². The maximum absolute atomic E-state index is 13.5. The van der Waals surface area contributed by atoms with Gasteiger partial charge in [0, 0.05) is 11.4 Å². The number of carboxylic acid groups (broad SMARTS) is 1. The SMILES string of the molecule is CCC(Oc1ccc(NC(=O)Nc2ccccc2)cc1)C(=O)NC(CC(C)C)C(=O)NC(CC(=O)O)c1ccc2c(c1)OCO2. The van der Waals surface area contributed by atoms with E-state index >= 15 is 0 Å². The second-order valence-electron chi connectivity index (χ2n) is 10.9. The number of anilines is 2. The van der Waals surface area contributed by atoms with Gasteiger partial charge in [0.05, 0.1) is 12.5 Å². The Labute approximate surface area is 261 Å². The first kappa shape index (κ1) is 32.6. The monoisotopic (exact) mass is 618 g/mol. The first-order valence-corrected chi connectivity index (χ1v) is 14.7. The lowest BCUT2D eigenvalue weighted by atomic mass is 9.99. The Morgan fingerprint density at radius 2 is 1.51 bits per heavy atom. The van der Waals surface area contributed by atoms with Crippen LogP contribution in [0.3, 0.4) is 0 Å². The molecular weight excluding hydrogens is 580 g/mol. The van der Waals surface area contributed by atoms with Crippen molar-refractivity contribution in [1.29, 1.82) is 0 Å². The Balaban J connectivity index is 1.38. The number of carboxylic acids is 1. The fourth-order valence-electron chi connectivity index (χ4n) is 4.71. The molecule has 3 aromatic rings. The fourth-order valence-corrected chi connectivity index (χ4v) is 4.71. The van der Waals surface area contributed by atoms with Crippen molar-refractivity contribution in [2.24, 2.45) is 5.92 Å². The number of carbonyl (C=O) groups is 4. The third-order valence-electron chi connectivity index (χ3n) is 6.92. The highest BCUT2D eigenvalue weighted by Crippen LogP contribution is 2.35. The maximum atomic E-state index is 13.5. The number of ether oxygens (including phenoxy) is 3. The molecule has 3 aromatic carbocycles. The standard InChI is InChI=1S/C33H38N4O8/c1-4-27(45-24-13-11-23(12-14-24)35-33(42)34-22-8-6-5-7-9-22)32(41)37-26(16-20(2)3)31(40)36-25(18-30(38)39)21-10-15-28-29(17-21)44-19-43-28/h5-15,17,20,25-27H,4,16,18-19H2,1-3H3,(H,36,40)(H,37,41)(H,38,39)(H2,34,35,42). The lowest BCUT2D eigenvalue weighted by Crippen LogP contribution is -2.51. The summed E-state index contributed by atoms with van der Waals surface area (Å²) in [7, 11) is 0. The van der Waals surface area contributed by atoms with Crippen molar-refractivity contribution in [2.45, 2.75) is 58.2 Å². The zero-order valence-electron chi connectivity index (χ0n) is 25.4. The van der Waals surface area contributed by atoms with Gasteiger partial charge >= 0.3 is 12.0 Å². The minimum atomic E-state index is -1.10. The third kappa shape index (κ3) is 9.62. The summed E-state index contributed by atoms with van der Waals surface area (Å²) in [6.07, 6.45) is -0.635. The van der Waals surface area contributed by atoms with E-state index in [2.05, 4.69) is 21.3 Å². The number of benzene rings is 3. The van der Waals surface area contributed by atoms with Crippen molar-refractivity contribution < 1.29 is 38.5 Å². The molecule has 12 nitrogen and oxygen atoms in total. The average molecular weight is 619 g/mol. The van der Waals surface area contributed by atoms with E-state index in [1.54, 1.807) is 61.5 Å². The normalized spacial score (nSPS) is 13.7. The molecule has 1 aliphatic rings. The van der Waals surface area contributed by atoms with Gasteiger partial charge in [-0.25, -0.2) is 4.79 Å². The fraction of sp³-hybridized carbons (Fsp3) is 0.333. The van der Waals surface area contributed by atoms with Gasteiger partial charge in [-0.15, -0.1) is 0 Å². The smallest absolute Gasteiger partial charge is 0.323 e. The summed E-state index contributed by atoms with van der Waals surface area (Å²) in [5.74, 6) is -0.647. The topological polar surface area (TPSA) is 164 Å². The van der Waals surface area contributed by atoms with Crippen molar-refractivity contribution in [3.05, 3.63) is 78.4 Å². The van der Waals surface area contributed by atoms with Crippen LogP contribution in [-0.2, 0) is 14.4 Å². The zero-order chi connectivity index (χ0) is 32.3. The predicted octanol–water partition coefficient (Wildman–Crippen LogP) is 5.08. The predicted molar refractivity (Wildman–Crippen MR) is 167 cm³/mol.